The number of hydrogen-bond acceptors (Lipinski definition) is 3. The van der Waals surface area contributed by atoms with Crippen molar-refractivity contribution in [3.05, 3.63) is 0 Å². The highest BCUT2D eigenvalue weighted by Gasteiger charge is 2.09. The fourth-order valence-corrected chi connectivity index (χ4v) is 1.74. The van der Waals surface area contributed by atoms with Gasteiger partial charge in [0.25, 0.3) is 0 Å². The zero-order valence-electron chi connectivity index (χ0n) is 11.6. The highest BCUT2D eigenvalue weighted by molar-refractivity contribution is 5.85. The summed E-state index contributed by atoms with van der Waals surface area (Å²) in [4.78, 5) is 12.3. The second-order valence-electron chi connectivity index (χ2n) is 4.32. The molecule has 0 aromatic rings. The Morgan fingerprint density at radius 2 is 1.21 bits per heavy atom. The molecule has 118 valence electrons. The fourth-order valence-electron chi connectivity index (χ4n) is 1.74. The predicted molar refractivity (Wildman–Crippen MR) is 84.5 cm³/mol. The molecule has 5 N–H and O–H groups in total. The van der Waals surface area contributed by atoms with Crippen molar-refractivity contribution in [1.82, 2.24) is 4.90 Å². The van der Waals surface area contributed by atoms with Crippen LogP contribution in [0.2, 0.25) is 0 Å². The Bertz CT molecular complexity index is 198. The first-order valence-corrected chi connectivity index (χ1v) is 6.60. The monoisotopic (exact) mass is 317 g/mol. The summed E-state index contributed by atoms with van der Waals surface area (Å²) in [5.41, 5.74) is 10.8. The SMILES string of the molecule is Cl.Cl.NCCCCCCCCN(CCCN)C(=O)O. The molecule has 0 aromatic heterocycles. The number of carboxylic acid groups (broad SMARTS) is 1. The summed E-state index contributed by atoms with van der Waals surface area (Å²) < 4.78 is 0. The van der Waals surface area contributed by atoms with Gasteiger partial charge in [0.05, 0.1) is 0 Å². The maximum atomic E-state index is 10.9. The molecule has 1 amide bonds. The molecule has 0 aromatic carbocycles. The van der Waals surface area contributed by atoms with Gasteiger partial charge in [0, 0.05) is 13.1 Å². The molecule has 0 fully saturated rings. The highest BCUT2D eigenvalue weighted by atomic mass is 35.5. The fraction of sp³-hybridized carbons (Fsp3) is 0.917. The quantitative estimate of drug-likeness (QED) is 0.510. The van der Waals surface area contributed by atoms with Crippen molar-refractivity contribution in [2.24, 2.45) is 11.5 Å². The predicted octanol–water partition coefficient (Wildman–Crippen LogP) is 2.46. The second kappa shape index (κ2) is 17.8. The van der Waals surface area contributed by atoms with Crippen LogP contribution < -0.4 is 11.5 Å². The van der Waals surface area contributed by atoms with Gasteiger partial charge < -0.3 is 21.5 Å². The Balaban J connectivity index is -0.00000128. The van der Waals surface area contributed by atoms with E-state index in [-0.39, 0.29) is 24.8 Å². The molecule has 0 saturated heterocycles. The third kappa shape index (κ3) is 15.7. The maximum Gasteiger partial charge on any atom is 0.407 e. The molecule has 0 rings (SSSR count). The van der Waals surface area contributed by atoms with Crippen LogP contribution >= 0.6 is 24.8 Å². The molecular weight excluding hydrogens is 289 g/mol. The van der Waals surface area contributed by atoms with E-state index in [2.05, 4.69) is 0 Å². The normalized spacial score (nSPS) is 9.37. The standard InChI is InChI=1S/C12H27N3O2.2ClH/c13-8-5-3-1-2-4-6-10-15(12(16)17)11-7-9-14;;/h1-11,13-14H2,(H,16,17);2*1H. The summed E-state index contributed by atoms with van der Waals surface area (Å²) in [6, 6.07) is 0. The third-order valence-corrected chi connectivity index (χ3v) is 2.78. The summed E-state index contributed by atoms with van der Waals surface area (Å²) in [7, 11) is 0. The van der Waals surface area contributed by atoms with Crippen LogP contribution in [0.5, 0.6) is 0 Å². The number of nitrogens with two attached hydrogens (primary N) is 2. The second-order valence-corrected chi connectivity index (χ2v) is 4.32. The average Bonchev–Trinajstić information content (AvgIpc) is 2.31. The van der Waals surface area contributed by atoms with Crippen LogP contribution in [0.4, 0.5) is 4.79 Å². The minimum atomic E-state index is -0.832. The maximum absolute atomic E-state index is 10.9. The molecule has 0 saturated carbocycles. The van der Waals surface area contributed by atoms with Gasteiger partial charge in [-0.15, -0.1) is 24.8 Å². The third-order valence-electron chi connectivity index (χ3n) is 2.78. The van der Waals surface area contributed by atoms with Gasteiger partial charge in [0.15, 0.2) is 0 Å². The zero-order valence-corrected chi connectivity index (χ0v) is 13.2. The number of hydrogen-bond donors (Lipinski definition) is 3. The Labute approximate surface area is 128 Å². The van der Waals surface area contributed by atoms with Crippen LogP contribution in [-0.4, -0.2) is 42.3 Å². The Morgan fingerprint density at radius 3 is 1.68 bits per heavy atom. The van der Waals surface area contributed by atoms with E-state index in [4.69, 9.17) is 16.6 Å². The van der Waals surface area contributed by atoms with E-state index in [1.54, 1.807) is 0 Å². The molecule has 0 atom stereocenters. The first kappa shape index (κ1) is 23.8. The molecule has 0 aliphatic carbocycles. The molecule has 7 heteroatoms. The van der Waals surface area contributed by atoms with Crippen LogP contribution in [0.25, 0.3) is 0 Å². The molecule has 19 heavy (non-hydrogen) atoms. The molecule has 0 radical (unpaired) electrons. The van der Waals surface area contributed by atoms with Gasteiger partial charge in [0.1, 0.15) is 0 Å². The average molecular weight is 318 g/mol. The molecule has 0 bridgehead atoms. The molecular formula is C12H29Cl2N3O2. The van der Waals surface area contributed by atoms with E-state index in [1.807, 2.05) is 0 Å². The van der Waals surface area contributed by atoms with Gasteiger partial charge in [-0.2, -0.15) is 0 Å². The summed E-state index contributed by atoms with van der Waals surface area (Å²) in [6.07, 6.45) is 6.60. The van der Waals surface area contributed by atoms with Gasteiger partial charge in [0.2, 0.25) is 0 Å². The number of halogens is 2. The number of amides is 1. The number of nitrogens with zero attached hydrogens (tertiary/aromatic N) is 1. The van der Waals surface area contributed by atoms with Crippen molar-refractivity contribution in [3.8, 4) is 0 Å². The zero-order chi connectivity index (χ0) is 12.9. The smallest absolute Gasteiger partial charge is 0.407 e. The Morgan fingerprint density at radius 1 is 0.789 bits per heavy atom. The van der Waals surface area contributed by atoms with Gasteiger partial charge >= 0.3 is 6.09 Å². The Hall–Kier alpha value is -0.230. The number of rotatable bonds is 11. The van der Waals surface area contributed by atoms with Gasteiger partial charge in [-0.05, 0) is 32.4 Å². The molecule has 5 nitrogen and oxygen atoms in total. The summed E-state index contributed by atoms with van der Waals surface area (Å²) in [5.74, 6) is 0. The summed E-state index contributed by atoms with van der Waals surface area (Å²) in [5, 5.41) is 8.94. The number of unbranched alkanes of at least 4 members (excludes halogenated alkanes) is 5. The molecule has 0 unspecified atom stereocenters. The Kier molecular flexibility index (Phi) is 22.3. The van der Waals surface area contributed by atoms with Crippen molar-refractivity contribution in [1.29, 1.82) is 0 Å². The largest absolute Gasteiger partial charge is 0.465 e. The number of carbonyl (C=O) groups is 1. The van der Waals surface area contributed by atoms with E-state index >= 15 is 0 Å². The van der Waals surface area contributed by atoms with Crippen LogP contribution in [0.3, 0.4) is 0 Å². The first-order valence-electron chi connectivity index (χ1n) is 6.60. The van der Waals surface area contributed by atoms with Gasteiger partial charge in [-0.1, -0.05) is 25.7 Å². The minimum Gasteiger partial charge on any atom is -0.465 e. The summed E-state index contributed by atoms with van der Waals surface area (Å²) >= 11 is 0. The van der Waals surface area contributed by atoms with Crippen molar-refractivity contribution >= 4 is 30.9 Å². The van der Waals surface area contributed by atoms with Crippen LogP contribution in [0, 0.1) is 0 Å². The molecule has 0 spiro atoms. The van der Waals surface area contributed by atoms with E-state index in [9.17, 15) is 4.79 Å². The van der Waals surface area contributed by atoms with E-state index < -0.39 is 6.09 Å². The summed E-state index contributed by atoms with van der Waals surface area (Å²) in [6.45, 7) is 2.50. The lowest BCUT2D eigenvalue weighted by Gasteiger charge is -2.18. The van der Waals surface area contributed by atoms with Crippen molar-refractivity contribution in [2.75, 3.05) is 26.2 Å². The van der Waals surface area contributed by atoms with Crippen LogP contribution in [0.15, 0.2) is 0 Å². The first-order chi connectivity index (χ1) is 8.22. The lowest BCUT2D eigenvalue weighted by molar-refractivity contribution is 0.144. The van der Waals surface area contributed by atoms with Crippen LogP contribution in [-0.2, 0) is 0 Å². The van der Waals surface area contributed by atoms with Gasteiger partial charge in [-0.3, -0.25) is 0 Å². The lowest BCUT2D eigenvalue weighted by Crippen LogP contribution is -2.32. The van der Waals surface area contributed by atoms with Crippen molar-refractivity contribution in [2.45, 2.75) is 44.9 Å². The minimum absolute atomic E-state index is 0. The van der Waals surface area contributed by atoms with Gasteiger partial charge in [-0.25, -0.2) is 4.79 Å². The molecule has 0 aliphatic heterocycles. The van der Waals surface area contributed by atoms with Crippen LogP contribution in [0.1, 0.15) is 44.9 Å². The topological polar surface area (TPSA) is 92.6 Å². The van der Waals surface area contributed by atoms with E-state index in [0.29, 0.717) is 19.6 Å². The lowest BCUT2D eigenvalue weighted by atomic mass is 10.1. The van der Waals surface area contributed by atoms with Crippen molar-refractivity contribution < 1.29 is 9.90 Å². The molecule has 0 aliphatic rings. The van der Waals surface area contributed by atoms with E-state index in [0.717, 1.165) is 32.2 Å². The van der Waals surface area contributed by atoms with Crippen molar-refractivity contribution in [3.63, 3.8) is 0 Å². The highest BCUT2D eigenvalue weighted by Crippen LogP contribution is 2.06. The van der Waals surface area contributed by atoms with E-state index in [1.165, 1.54) is 24.2 Å². The molecule has 0 heterocycles.